The van der Waals surface area contributed by atoms with E-state index in [1.165, 1.54) is 12.2 Å². The van der Waals surface area contributed by atoms with Crippen molar-refractivity contribution < 1.29 is 9.59 Å². The van der Waals surface area contributed by atoms with Gasteiger partial charge in [-0.1, -0.05) is 0 Å². The molecule has 0 amide bonds. The minimum atomic E-state index is -1.37. The third kappa shape index (κ3) is 3.85. The van der Waals surface area contributed by atoms with Crippen molar-refractivity contribution in [3.63, 3.8) is 0 Å². The van der Waals surface area contributed by atoms with Crippen LogP contribution in [0.5, 0.6) is 0 Å². The van der Waals surface area contributed by atoms with Crippen LogP contribution in [0.4, 0.5) is 0 Å². The van der Waals surface area contributed by atoms with Crippen LogP contribution in [0.1, 0.15) is 0 Å². The lowest BCUT2D eigenvalue weighted by Gasteiger charge is -1.79. The van der Waals surface area contributed by atoms with Gasteiger partial charge >= 0.3 is 0 Å². The summed E-state index contributed by atoms with van der Waals surface area (Å²) in [6.45, 7) is -1.37. The second-order valence-corrected chi connectivity index (χ2v) is 3.41. The number of carbonyl (C=O) groups excluding carboxylic acids is 2. The molecule has 0 saturated carbocycles. The quantitative estimate of drug-likeness (QED) is 0.378. The molecule has 0 aromatic rings. The molecular formula is C2BrN2O2P. The summed E-state index contributed by atoms with van der Waals surface area (Å²) < 4.78 is 6.12. The Morgan fingerprint density at radius 2 is 1.62 bits per heavy atom. The van der Waals surface area contributed by atoms with E-state index < -0.39 is 6.93 Å². The van der Waals surface area contributed by atoms with E-state index in [0.29, 0.717) is 0 Å². The third-order valence-corrected chi connectivity index (χ3v) is 1.69. The molecule has 0 atom stereocenters. The van der Waals surface area contributed by atoms with E-state index in [1.54, 1.807) is 0 Å². The fourth-order valence-corrected chi connectivity index (χ4v) is 0.658. The van der Waals surface area contributed by atoms with Crippen molar-refractivity contribution in [1.29, 1.82) is 0 Å². The average molecular weight is 195 g/mol. The molecule has 0 aliphatic heterocycles. The highest BCUT2D eigenvalue weighted by molar-refractivity contribution is 9.39. The Balaban J connectivity index is 3.82. The Morgan fingerprint density at radius 1 is 1.25 bits per heavy atom. The summed E-state index contributed by atoms with van der Waals surface area (Å²) in [5.74, 6) is 0. The molecule has 0 aromatic heterocycles. The lowest BCUT2D eigenvalue weighted by atomic mass is 11.7. The molecule has 6 heteroatoms. The molecule has 0 aliphatic rings. The molecule has 0 bridgehead atoms. The number of hydrogen-bond acceptors (Lipinski definition) is 4. The molecule has 0 rings (SSSR count). The fraction of sp³-hybridized carbons (Fsp3) is 0. The molecule has 0 unspecified atom stereocenters. The number of nitrogens with zero attached hydrogens (tertiary/aromatic N) is 2. The van der Waals surface area contributed by atoms with Crippen LogP contribution in [0.15, 0.2) is 9.53 Å². The standard InChI is InChI=1S/C2BrN2O2P/c3-8(4-1-6)5-2-7. The van der Waals surface area contributed by atoms with Gasteiger partial charge in [-0.15, -0.1) is 9.53 Å². The molecule has 0 N–H and O–H groups in total. The molecule has 0 saturated heterocycles. The van der Waals surface area contributed by atoms with Gasteiger partial charge in [0.2, 0.25) is 19.1 Å². The van der Waals surface area contributed by atoms with Crippen molar-refractivity contribution in [2.45, 2.75) is 0 Å². The van der Waals surface area contributed by atoms with E-state index in [0.717, 1.165) is 0 Å². The van der Waals surface area contributed by atoms with Crippen LogP contribution in [0, 0.1) is 0 Å². The van der Waals surface area contributed by atoms with E-state index in [2.05, 4.69) is 25.0 Å². The van der Waals surface area contributed by atoms with Crippen LogP contribution in [0.25, 0.3) is 0 Å². The van der Waals surface area contributed by atoms with Crippen LogP contribution in [-0.2, 0) is 9.59 Å². The predicted molar refractivity (Wildman–Crippen MR) is 32.1 cm³/mol. The summed E-state index contributed by atoms with van der Waals surface area (Å²) in [5, 5.41) is 0. The lowest BCUT2D eigenvalue weighted by molar-refractivity contribution is 0.566. The largest absolute Gasteiger partial charge is 0.241 e. The highest BCUT2D eigenvalue weighted by Gasteiger charge is 1.92. The van der Waals surface area contributed by atoms with Gasteiger partial charge in [0.25, 0.3) is 0 Å². The SMILES string of the molecule is O=C=NP(Br)N=C=O. The van der Waals surface area contributed by atoms with Gasteiger partial charge in [0.05, 0.1) is 0 Å². The molecule has 8 heavy (non-hydrogen) atoms. The summed E-state index contributed by atoms with van der Waals surface area (Å²) in [4.78, 5) is 18.8. The Kier molecular flexibility index (Phi) is 4.62. The first kappa shape index (κ1) is 7.67. The second-order valence-electron chi connectivity index (χ2n) is 0.623. The van der Waals surface area contributed by atoms with Crippen molar-refractivity contribution in [2.75, 3.05) is 0 Å². The minimum Gasteiger partial charge on any atom is -0.211 e. The normalized spacial score (nSPS) is 10.6. The zero-order chi connectivity index (χ0) is 6.41. The maximum absolute atomic E-state index is 9.39. The summed E-state index contributed by atoms with van der Waals surface area (Å²) >= 11 is 2.80. The minimum absolute atomic E-state index is 1.24. The van der Waals surface area contributed by atoms with Crippen LogP contribution < -0.4 is 0 Å². The fourth-order valence-electron chi connectivity index (χ4n) is 0.0897. The first-order chi connectivity index (χ1) is 3.81. The molecule has 0 fully saturated rings. The third-order valence-electron chi connectivity index (χ3n) is 0.247. The summed E-state index contributed by atoms with van der Waals surface area (Å²) in [5.41, 5.74) is 0. The highest BCUT2D eigenvalue weighted by atomic mass is 79.9. The lowest BCUT2D eigenvalue weighted by Crippen LogP contribution is -1.47. The Labute approximate surface area is 54.3 Å². The zero-order valence-corrected chi connectivity index (χ0v) is 6.02. The first-order valence-electron chi connectivity index (χ1n) is 1.42. The Morgan fingerprint density at radius 3 is 1.88 bits per heavy atom. The van der Waals surface area contributed by atoms with Gasteiger partial charge in [-0.05, 0) is 15.5 Å². The number of halogens is 1. The van der Waals surface area contributed by atoms with Gasteiger partial charge in [-0.3, -0.25) is 0 Å². The van der Waals surface area contributed by atoms with Gasteiger partial charge in [0.1, 0.15) is 0 Å². The summed E-state index contributed by atoms with van der Waals surface area (Å²) in [6, 6.07) is 0. The maximum Gasteiger partial charge on any atom is 0.241 e. The van der Waals surface area contributed by atoms with E-state index in [4.69, 9.17) is 0 Å². The van der Waals surface area contributed by atoms with Crippen LogP contribution in [0.2, 0.25) is 0 Å². The highest BCUT2D eigenvalue weighted by Crippen LogP contribution is 2.45. The Hall–Kier alpha value is -0.330. The van der Waals surface area contributed by atoms with Crippen LogP contribution in [-0.4, -0.2) is 12.2 Å². The van der Waals surface area contributed by atoms with Crippen molar-refractivity contribution in [3.8, 4) is 0 Å². The maximum atomic E-state index is 9.39. The van der Waals surface area contributed by atoms with E-state index in [-0.39, 0.29) is 0 Å². The molecule has 0 aliphatic carbocycles. The number of hydrogen-bond donors (Lipinski definition) is 0. The van der Waals surface area contributed by atoms with E-state index >= 15 is 0 Å². The molecule has 0 radical (unpaired) electrons. The Bertz CT molecular complexity index is 141. The van der Waals surface area contributed by atoms with Crippen molar-refractivity contribution >= 4 is 34.6 Å². The van der Waals surface area contributed by atoms with Crippen molar-refractivity contribution in [1.82, 2.24) is 0 Å². The molecular weight excluding hydrogens is 195 g/mol. The van der Waals surface area contributed by atoms with E-state index in [9.17, 15) is 9.59 Å². The van der Waals surface area contributed by atoms with Gasteiger partial charge in [-0.2, -0.15) is 0 Å². The van der Waals surface area contributed by atoms with Crippen molar-refractivity contribution in [3.05, 3.63) is 0 Å². The molecule has 42 valence electrons. The number of isocyanates is 2. The molecule has 4 nitrogen and oxygen atoms in total. The van der Waals surface area contributed by atoms with Gasteiger partial charge in [0, 0.05) is 0 Å². The molecule has 0 aromatic carbocycles. The van der Waals surface area contributed by atoms with Crippen LogP contribution in [0.3, 0.4) is 0 Å². The summed E-state index contributed by atoms with van der Waals surface area (Å²) in [6.07, 6.45) is 2.47. The first-order valence-corrected chi connectivity index (χ1v) is 4.69. The smallest absolute Gasteiger partial charge is 0.211 e. The van der Waals surface area contributed by atoms with Gasteiger partial charge in [-0.25, -0.2) is 9.59 Å². The van der Waals surface area contributed by atoms with E-state index in [1.807, 2.05) is 0 Å². The average Bonchev–Trinajstić information content (AvgIpc) is 1.68. The second kappa shape index (κ2) is 4.82. The monoisotopic (exact) mass is 194 g/mol. The topological polar surface area (TPSA) is 58.9 Å². The zero-order valence-electron chi connectivity index (χ0n) is 3.54. The van der Waals surface area contributed by atoms with Crippen LogP contribution >= 0.6 is 22.4 Å². The summed E-state index contributed by atoms with van der Waals surface area (Å²) in [7, 11) is 0. The van der Waals surface area contributed by atoms with Gasteiger partial charge in [0.15, 0.2) is 0 Å². The van der Waals surface area contributed by atoms with Gasteiger partial charge < -0.3 is 0 Å². The van der Waals surface area contributed by atoms with Crippen molar-refractivity contribution in [2.24, 2.45) is 9.53 Å². The predicted octanol–water partition coefficient (Wildman–Crippen LogP) is 1.28. The number of rotatable bonds is 2. The molecule has 0 spiro atoms. The molecule has 0 heterocycles.